The summed E-state index contributed by atoms with van der Waals surface area (Å²) in [4.78, 5) is 15.2. The molecule has 0 bridgehead atoms. The van der Waals surface area contributed by atoms with E-state index in [0.717, 1.165) is 10.3 Å². The van der Waals surface area contributed by atoms with Crippen LogP contribution in [0.5, 0.6) is 0 Å². The van der Waals surface area contributed by atoms with Crippen LogP contribution < -0.4 is 0 Å². The van der Waals surface area contributed by atoms with Crippen molar-refractivity contribution in [3.8, 4) is 11.3 Å². The lowest BCUT2D eigenvalue weighted by Gasteiger charge is -2.26. The first-order chi connectivity index (χ1) is 16.4. The maximum absolute atomic E-state index is 12.8. The van der Waals surface area contributed by atoms with Gasteiger partial charge < -0.3 is 9.15 Å². The molecule has 3 heterocycles. The SMILES string of the molecule is O=[N+]([O-])c1ccc2sc(/C=C/c3ccc(-c4ccc(S(=O)(=O)N5CCOCC5)cc4)o3)nc2c1. The number of hydrogen-bond donors (Lipinski definition) is 0. The van der Waals surface area contributed by atoms with Crippen molar-refractivity contribution in [1.82, 2.24) is 9.29 Å². The second kappa shape index (κ2) is 9.11. The third kappa shape index (κ3) is 4.50. The smallest absolute Gasteiger partial charge is 0.271 e. The summed E-state index contributed by atoms with van der Waals surface area (Å²) in [6.07, 6.45) is 3.56. The van der Waals surface area contributed by atoms with Gasteiger partial charge in [-0.2, -0.15) is 4.31 Å². The number of aromatic nitrogens is 1. The molecule has 0 aliphatic carbocycles. The third-order valence-corrected chi connectivity index (χ3v) is 8.28. The van der Waals surface area contributed by atoms with E-state index in [4.69, 9.17) is 9.15 Å². The van der Waals surface area contributed by atoms with Crippen LogP contribution in [0.15, 0.2) is 63.9 Å². The average molecular weight is 498 g/mol. The lowest BCUT2D eigenvalue weighted by molar-refractivity contribution is -0.384. The topological polar surface area (TPSA) is 116 Å². The van der Waals surface area contributed by atoms with Gasteiger partial charge in [0.1, 0.15) is 16.5 Å². The van der Waals surface area contributed by atoms with Crippen LogP contribution >= 0.6 is 11.3 Å². The van der Waals surface area contributed by atoms with E-state index >= 15 is 0 Å². The van der Waals surface area contributed by atoms with Gasteiger partial charge in [-0.1, -0.05) is 0 Å². The molecule has 5 rings (SSSR count). The van der Waals surface area contributed by atoms with Gasteiger partial charge in [0, 0.05) is 30.8 Å². The molecule has 34 heavy (non-hydrogen) atoms. The lowest BCUT2D eigenvalue weighted by Crippen LogP contribution is -2.40. The number of benzene rings is 2. The predicted octanol–water partition coefficient (Wildman–Crippen LogP) is 4.66. The number of furan rings is 1. The van der Waals surface area contributed by atoms with Crippen molar-refractivity contribution < 1.29 is 22.5 Å². The number of rotatable bonds is 6. The van der Waals surface area contributed by atoms with Crippen LogP contribution in [0.1, 0.15) is 10.8 Å². The zero-order chi connectivity index (χ0) is 23.7. The number of sulfonamides is 1. The molecular weight excluding hydrogens is 478 g/mol. The van der Waals surface area contributed by atoms with Gasteiger partial charge in [0.25, 0.3) is 5.69 Å². The quantitative estimate of drug-likeness (QED) is 0.281. The van der Waals surface area contributed by atoms with Crippen LogP contribution in [-0.4, -0.2) is 48.9 Å². The fourth-order valence-electron chi connectivity index (χ4n) is 3.60. The number of nitro groups is 1. The summed E-state index contributed by atoms with van der Waals surface area (Å²) in [6, 6.07) is 14.8. The first-order valence-electron chi connectivity index (χ1n) is 10.4. The van der Waals surface area contributed by atoms with Crippen LogP contribution in [0.25, 0.3) is 33.7 Å². The fraction of sp³-hybridized carbons (Fsp3) is 0.174. The summed E-state index contributed by atoms with van der Waals surface area (Å²) >= 11 is 1.42. The molecule has 0 atom stereocenters. The third-order valence-electron chi connectivity index (χ3n) is 5.36. The molecule has 4 aromatic rings. The molecule has 0 spiro atoms. The van der Waals surface area contributed by atoms with Gasteiger partial charge in [-0.25, -0.2) is 13.4 Å². The van der Waals surface area contributed by atoms with Crippen LogP contribution in [0.4, 0.5) is 5.69 Å². The van der Waals surface area contributed by atoms with Crippen LogP contribution in [0.2, 0.25) is 0 Å². The molecule has 0 saturated carbocycles. The minimum atomic E-state index is -3.55. The summed E-state index contributed by atoms with van der Waals surface area (Å²) in [5, 5.41) is 11.6. The van der Waals surface area contributed by atoms with Crippen molar-refractivity contribution >= 4 is 49.4 Å². The van der Waals surface area contributed by atoms with Crippen LogP contribution in [0, 0.1) is 10.1 Å². The normalized spacial score (nSPS) is 15.3. The van der Waals surface area contributed by atoms with Gasteiger partial charge in [0.05, 0.1) is 33.2 Å². The van der Waals surface area contributed by atoms with Crippen molar-refractivity contribution in [1.29, 1.82) is 0 Å². The molecular formula is C23H19N3O6S2. The Hall–Kier alpha value is -3.38. The predicted molar refractivity (Wildman–Crippen MR) is 129 cm³/mol. The molecule has 1 aliphatic rings. The van der Waals surface area contributed by atoms with E-state index in [1.165, 1.54) is 27.8 Å². The summed E-state index contributed by atoms with van der Waals surface area (Å²) in [5.74, 6) is 1.21. The fourth-order valence-corrected chi connectivity index (χ4v) is 5.86. The second-order valence-corrected chi connectivity index (χ2v) is 10.5. The number of fused-ring (bicyclic) bond motifs is 1. The molecule has 174 valence electrons. The molecule has 0 amide bonds. The average Bonchev–Trinajstić information content (AvgIpc) is 3.49. The lowest BCUT2D eigenvalue weighted by atomic mass is 10.2. The first-order valence-corrected chi connectivity index (χ1v) is 12.7. The largest absolute Gasteiger partial charge is 0.457 e. The van der Waals surface area contributed by atoms with Gasteiger partial charge in [-0.3, -0.25) is 10.1 Å². The van der Waals surface area contributed by atoms with Crippen molar-refractivity contribution in [2.24, 2.45) is 0 Å². The van der Waals surface area contributed by atoms with Crippen molar-refractivity contribution in [2.75, 3.05) is 26.3 Å². The number of nitrogens with zero attached hydrogens (tertiary/aromatic N) is 3. The Balaban J connectivity index is 1.31. The highest BCUT2D eigenvalue weighted by atomic mass is 32.2. The van der Waals surface area contributed by atoms with E-state index in [2.05, 4.69) is 4.98 Å². The number of morpholine rings is 1. The molecule has 0 N–H and O–H groups in total. The standard InChI is InChI=1S/C23H19N3O6S2/c27-26(28)17-3-9-22-20(15-17)24-23(33-22)10-5-18-4-8-21(32-18)16-1-6-19(7-2-16)34(29,30)25-11-13-31-14-12-25/h1-10,15H,11-14H2/b10-5+. The Morgan fingerprint density at radius 1 is 1.03 bits per heavy atom. The van der Waals surface area contributed by atoms with Gasteiger partial charge >= 0.3 is 0 Å². The molecule has 2 aromatic heterocycles. The van der Waals surface area contributed by atoms with Crippen molar-refractivity contribution in [3.05, 3.63) is 75.5 Å². The Bertz CT molecular complexity index is 1480. The van der Waals surface area contributed by atoms with Crippen molar-refractivity contribution in [3.63, 3.8) is 0 Å². The van der Waals surface area contributed by atoms with Gasteiger partial charge in [-0.05, 0) is 54.6 Å². The summed E-state index contributed by atoms with van der Waals surface area (Å²) < 4.78 is 39.0. The number of ether oxygens (including phenoxy) is 1. The Morgan fingerprint density at radius 2 is 1.79 bits per heavy atom. The molecule has 0 unspecified atom stereocenters. The van der Waals surface area contributed by atoms with Crippen LogP contribution in [-0.2, 0) is 14.8 Å². The molecule has 1 saturated heterocycles. The molecule has 1 aliphatic heterocycles. The Kier molecular flexibility index (Phi) is 6.00. The minimum absolute atomic E-state index is 0.00719. The summed E-state index contributed by atoms with van der Waals surface area (Å²) in [7, 11) is -3.55. The summed E-state index contributed by atoms with van der Waals surface area (Å²) in [5.41, 5.74) is 1.34. The van der Waals surface area contributed by atoms with E-state index in [1.54, 1.807) is 42.5 Å². The maximum atomic E-state index is 12.8. The number of thiazole rings is 1. The van der Waals surface area contributed by atoms with Crippen molar-refractivity contribution in [2.45, 2.75) is 4.90 Å². The van der Waals surface area contributed by atoms with Gasteiger partial charge in [0.15, 0.2) is 0 Å². The molecule has 9 nitrogen and oxygen atoms in total. The molecule has 1 fully saturated rings. The zero-order valence-electron chi connectivity index (χ0n) is 17.8. The van der Waals surface area contributed by atoms with E-state index in [-0.39, 0.29) is 10.6 Å². The molecule has 11 heteroatoms. The van der Waals surface area contributed by atoms with Gasteiger partial charge in [0.2, 0.25) is 10.0 Å². The minimum Gasteiger partial charge on any atom is -0.457 e. The number of non-ortho nitro benzene ring substituents is 1. The highest BCUT2D eigenvalue weighted by Gasteiger charge is 2.26. The zero-order valence-corrected chi connectivity index (χ0v) is 19.4. The van der Waals surface area contributed by atoms with Crippen LogP contribution in [0.3, 0.4) is 0 Å². The summed E-state index contributed by atoms with van der Waals surface area (Å²) in [6.45, 7) is 1.50. The molecule has 0 radical (unpaired) electrons. The van der Waals surface area contributed by atoms with Gasteiger partial charge in [-0.15, -0.1) is 11.3 Å². The maximum Gasteiger partial charge on any atom is 0.271 e. The highest BCUT2D eigenvalue weighted by Crippen LogP contribution is 2.29. The highest BCUT2D eigenvalue weighted by molar-refractivity contribution is 7.89. The molecule has 2 aromatic carbocycles. The van der Waals surface area contributed by atoms with E-state index in [0.29, 0.717) is 48.3 Å². The van der Waals surface area contributed by atoms with E-state index < -0.39 is 14.9 Å². The van der Waals surface area contributed by atoms with E-state index in [1.807, 2.05) is 12.1 Å². The Labute approximate surface area is 199 Å². The number of nitro benzene ring substituents is 1. The second-order valence-electron chi connectivity index (χ2n) is 7.54. The van der Waals surface area contributed by atoms with E-state index in [9.17, 15) is 18.5 Å². The number of hydrogen-bond acceptors (Lipinski definition) is 8. The monoisotopic (exact) mass is 497 g/mol. The first kappa shape index (κ1) is 22.4. The Morgan fingerprint density at radius 3 is 2.53 bits per heavy atom.